The van der Waals surface area contributed by atoms with Crippen LogP contribution >= 0.6 is 22.9 Å². The van der Waals surface area contributed by atoms with Gasteiger partial charge in [-0.05, 0) is 35.4 Å². The minimum atomic E-state index is -3.89. The summed E-state index contributed by atoms with van der Waals surface area (Å²) in [6.07, 6.45) is 0. The lowest BCUT2D eigenvalue weighted by Crippen LogP contribution is -2.29. The topological polar surface area (TPSA) is 128 Å². The first-order chi connectivity index (χ1) is 16.3. The zero-order valence-corrected chi connectivity index (χ0v) is 20.5. The quantitative estimate of drug-likeness (QED) is 0.311. The number of ether oxygens (including phenoxy) is 1. The Hall–Kier alpha value is -3.12. The van der Waals surface area contributed by atoms with Crippen LogP contribution in [0.2, 0.25) is 4.34 Å². The Morgan fingerprint density at radius 1 is 1.18 bits per heavy atom. The molecule has 12 heteroatoms. The Morgan fingerprint density at radius 2 is 1.94 bits per heavy atom. The fourth-order valence-corrected chi connectivity index (χ4v) is 5.96. The van der Waals surface area contributed by atoms with Crippen LogP contribution in [0, 0.1) is 0 Å². The molecule has 9 nitrogen and oxygen atoms in total. The average molecular weight is 520 g/mol. The zero-order chi connectivity index (χ0) is 24.3. The lowest BCUT2D eigenvalue weighted by molar-refractivity contribution is -0.119. The normalized spacial score (nSPS) is 11.5. The SMILES string of the molecule is COc1cccc2c1c(NS(=O)(=O)c1ccc(Cl)s1)nn2Cc1cccc(CNC(=O)CN)c1. The van der Waals surface area contributed by atoms with E-state index in [9.17, 15) is 13.2 Å². The van der Waals surface area contributed by atoms with E-state index >= 15 is 0 Å². The number of nitrogens with two attached hydrogens (primary N) is 1. The van der Waals surface area contributed by atoms with Gasteiger partial charge in [-0.1, -0.05) is 41.9 Å². The molecule has 2 aromatic carbocycles. The first kappa shape index (κ1) is 24.0. The fourth-order valence-electron chi connectivity index (χ4n) is 3.46. The number of sulfonamides is 1. The molecule has 0 saturated carbocycles. The van der Waals surface area contributed by atoms with Crippen LogP contribution in [-0.2, 0) is 27.9 Å². The highest BCUT2D eigenvalue weighted by Gasteiger charge is 2.23. The highest BCUT2D eigenvalue weighted by Crippen LogP contribution is 2.35. The van der Waals surface area contributed by atoms with Crippen molar-refractivity contribution in [2.75, 3.05) is 18.4 Å². The molecule has 0 aliphatic heterocycles. The molecule has 0 fully saturated rings. The van der Waals surface area contributed by atoms with E-state index in [4.69, 9.17) is 22.1 Å². The Balaban J connectivity index is 1.69. The summed E-state index contributed by atoms with van der Waals surface area (Å²) in [6, 6.07) is 16.0. The van der Waals surface area contributed by atoms with Crippen molar-refractivity contribution >= 4 is 55.6 Å². The van der Waals surface area contributed by atoms with E-state index in [2.05, 4.69) is 15.1 Å². The van der Waals surface area contributed by atoms with E-state index in [1.807, 2.05) is 36.4 Å². The molecule has 0 unspecified atom stereocenters. The molecular weight excluding hydrogens is 498 g/mol. The molecule has 178 valence electrons. The molecule has 4 rings (SSSR count). The van der Waals surface area contributed by atoms with Crippen molar-refractivity contribution in [1.82, 2.24) is 15.1 Å². The zero-order valence-electron chi connectivity index (χ0n) is 18.1. The highest BCUT2D eigenvalue weighted by atomic mass is 35.5. The smallest absolute Gasteiger partial charge is 0.272 e. The van der Waals surface area contributed by atoms with Gasteiger partial charge in [0.05, 0.1) is 35.4 Å². The van der Waals surface area contributed by atoms with Crippen molar-refractivity contribution in [2.24, 2.45) is 5.73 Å². The molecule has 0 atom stereocenters. The minimum Gasteiger partial charge on any atom is -0.496 e. The number of fused-ring (bicyclic) bond motifs is 1. The van der Waals surface area contributed by atoms with Gasteiger partial charge in [0.25, 0.3) is 10.0 Å². The second-order valence-corrected chi connectivity index (χ2v) is 10.9. The number of rotatable bonds is 9. The number of nitrogens with zero attached hydrogens (tertiary/aromatic N) is 2. The number of amides is 1. The maximum atomic E-state index is 12.9. The highest BCUT2D eigenvalue weighted by molar-refractivity contribution is 7.94. The Morgan fingerprint density at radius 3 is 2.65 bits per heavy atom. The summed E-state index contributed by atoms with van der Waals surface area (Å²) in [5, 5.41) is 7.85. The number of aromatic nitrogens is 2. The van der Waals surface area contributed by atoms with Crippen LogP contribution in [-0.4, -0.2) is 37.8 Å². The van der Waals surface area contributed by atoms with Crippen LogP contribution in [0.15, 0.2) is 58.8 Å². The first-order valence-corrected chi connectivity index (χ1v) is 12.8. The third-order valence-electron chi connectivity index (χ3n) is 5.00. The van der Waals surface area contributed by atoms with E-state index in [0.29, 0.717) is 34.1 Å². The lowest BCUT2D eigenvalue weighted by Gasteiger charge is -2.08. The lowest BCUT2D eigenvalue weighted by atomic mass is 10.1. The van der Waals surface area contributed by atoms with Gasteiger partial charge in [0, 0.05) is 6.54 Å². The van der Waals surface area contributed by atoms with Crippen LogP contribution in [0.1, 0.15) is 11.1 Å². The van der Waals surface area contributed by atoms with E-state index in [1.165, 1.54) is 19.2 Å². The number of halogens is 1. The Labute approximate surface area is 205 Å². The number of carbonyl (C=O) groups excluding carboxylic acids is 1. The second kappa shape index (κ2) is 10.0. The third kappa shape index (κ3) is 5.17. The van der Waals surface area contributed by atoms with Crippen molar-refractivity contribution in [3.8, 4) is 5.75 Å². The molecule has 34 heavy (non-hydrogen) atoms. The van der Waals surface area contributed by atoms with Gasteiger partial charge in [0.2, 0.25) is 5.91 Å². The summed E-state index contributed by atoms with van der Waals surface area (Å²) >= 11 is 6.88. The molecule has 0 aliphatic carbocycles. The van der Waals surface area contributed by atoms with Gasteiger partial charge in [-0.3, -0.25) is 14.2 Å². The Kier molecular flexibility index (Phi) is 7.08. The number of methoxy groups -OCH3 is 1. The molecule has 1 amide bonds. The summed E-state index contributed by atoms with van der Waals surface area (Å²) in [6.45, 7) is 0.651. The summed E-state index contributed by atoms with van der Waals surface area (Å²) in [5.74, 6) is 0.409. The Bertz CT molecular complexity index is 1450. The van der Waals surface area contributed by atoms with Gasteiger partial charge in [-0.25, -0.2) is 8.42 Å². The molecule has 2 aromatic heterocycles. The molecule has 0 radical (unpaired) electrons. The van der Waals surface area contributed by atoms with Gasteiger partial charge < -0.3 is 15.8 Å². The standard InChI is InChI=1S/C22H22ClN5O4S2/c1-32-17-7-3-6-16-21(17)22(27-34(30,31)20-9-8-18(23)33-20)26-28(16)13-15-5-2-4-14(10-15)12-25-19(29)11-24/h2-10H,11-13,24H2,1H3,(H,25,29)(H,26,27). The van der Waals surface area contributed by atoms with Gasteiger partial charge in [-0.15, -0.1) is 11.3 Å². The molecule has 0 aliphatic rings. The number of benzene rings is 2. The van der Waals surface area contributed by atoms with Crippen molar-refractivity contribution in [3.05, 3.63) is 70.1 Å². The van der Waals surface area contributed by atoms with E-state index in [0.717, 1.165) is 22.5 Å². The second-order valence-electron chi connectivity index (χ2n) is 7.33. The monoisotopic (exact) mass is 519 g/mol. The minimum absolute atomic E-state index is 0.0723. The van der Waals surface area contributed by atoms with Gasteiger partial charge in [0.15, 0.2) is 5.82 Å². The average Bonchev–Trinajstić information content (AvgIpc) is 3.42. The van der Waals surface area contributed by atoms with Crippen LogP contribution in [0.5, 0.6) is 5.75 Å². The molecule has 4 N–H and O–H groups in total. The predicted molar refractivity (Wildman–Crippen MR) is 133 cm³/mol. The van der Waals surface area contributed by atoms with Crippen molar-refractivity contribution in [3.63, 3.8) is 0 Å². The summed E-state index contributed by atoms with van der Waals surface area (Å²) in [7, 11) is -2.37. The molecule has 0 saturated heterocycles. The molecular formula is C22H22ClN5O4S2. The largest absolute Gasteiger partial charge is 0.496 e. The van der Waals surface area contributed by atoms with Crippen LogP contribution < -0.4 is 20.5 Å². The van der Waals surface area contributed by atoms with E-state index < -0.39 is 10.0 Å². The summed E-state index contributed by atoms with van der Waals surface area (Å²) in [4.78, 5) is 11.5. The van der Waals surface area contributed by atoms with E-state index in [-0.39, 0.29) is 22.5 Å². The van der Waals surface area contributed by atoms with Crippen LogP contribution in [0.25, 0.3) is 10.9 Å². The van der Waals surface area contributed by atoms with E-state index in [1.54, 1.807) is 10.7 Å². The molecule has 0 spiro atoms. The maximum Gasteiger partial charge on any atom is 0.272 e. The number of carbonyl (C=O) groups is 1. The third-order valence-corrected chi connectivity index (χ3v) is 8.06. The van der Waals surface area contributed by atoms with Gasteiger partial charge in [-0.2, -0.15) is 5.10 Å². The summed E-state index contributed by atoms with van der Waals surface area (Å²) in [5.41, 5.74) is 7.87. The van der Waals surface area contributed by atoms with Crippen molar-refractivity contribution in [2.45, 2.75) is 17.3 Å². The first-order valence-electron chi connectivity index (χ1n) is 10.2. The number of nitrogens with one attached hydrogen (secondary N) is 2. The van der Waals surface area contributed by atoms with Crippen molar-refractivity contribution < 1.29 is 17.9 Å². The number of hydrogen-bond donors (Lipinski definition) is 3. The van der Waals surface area contributed by atoms with Gasteiger partial charge in [0.1, 0.15) is 9.96 Å². The summed E-state index contributed by atoms with van der Waals surface area (Å²) < 4.78 is 36.1. The van der Waals surface area contributed by atoms with Crippen LogP contribution in [0.4, 0.5) is 5.82 Å². The molecule has 2 heterocycles. The fraction of sp³-hybridized carbons (Fsp3) is 0.182. The maximum absolute atomic E-state index is 12.9. The number of thiophene rings is 1. The number of anilines is 1. The van der Waals surface area contributed by atoms with Crippen molar-refractivity contribution in [1.29, 1.82) is 0 Å². The molecule has 4 aromatic rings. The van der Waals surface area contributed by atoms with Crippen LogP contribution in [0.3, 0.4) is 0 Å². The number of hydrogen-bond acceptors (Lipinski definition) is 7. The predicted octanol–water partition coefficient (Wildman–Crippen LogP) is 3.18. The molecule has 0 bridgehead atoms. The van der Waals surface area contributed by atoms with Gasteiger partial charge >= 0.3 is 0 Å².